The van der Waals surface area contributed by atoms with Crippen molar-refractivity contribution in [3.63, 3.8) is 0 Å². The third-order valence-corrected chi connectivity index (χ3v) is 4.26. The first kappa shape index (κ1) is 17.0. The molecule has 2 aromatic carbocycles. The summed E-state index contributed by atoms with van der Waals surface area (Å²) in [7, 11) is 0. The van der Waals surface area contributed by atoms with Gasteiger partial charge < -0.3 is 9.84 Å². The van der Waals surface area contributed by atoms with Crippen LogP contribution in [0.25, 0.3) is 0 Å². The topological polar surface area (TPSA) is 45.1 Å². The van der Waals surface area contributed by atoms with Crippen LogP contribution in [0.1, 0.15) is 16.7 Å². The molecule has 0 bridgehead atoms. The fraction of sp³-hybridized carbons (Fsp3) is 0.316. The lowest BCUT2D eigenvalue weighted by atomic mass is 10.1. The Bertz CT molecular complexity index is 695. The number of halogens is 1. The highest BCUT2D eigenvalue weighted by atomic mass is 35.5. The summed E-state index contributed by atoms with van der Waals surface area (Å²) in [6.07, 6.45) is 1.66. The van der Waals surface area contributed by atoms with Crippen molar-refractivity contribution in [1.82, 2.24) is 4.90 Å². The van der Waals surface area contributed by atoms with Crippen molar-refractivity contribution in [3.05, 3.63) is 64.2 Å². The van der Waals surface area contributed by atoms with Crippen molar-refractivity contribution in [2.45, 2.75) is 13.1 Å². The van der Waals surface area contributed by atoms with Crippen molar-refractivity contribution in [2.24, 2.45) is 4.99 Å². The molecule has 3 rings (SSSR count). The lowest BCUT2D eigenvalue weighted by Gasteiger charge is -2.26. The smallest absolute Gasteiger partial charge is 0.124 e. The molecule has 4 nitrogen and oxygen atoms in total. The molecule has 5 heteroatoms. The minimum Gasteiger partial charge on any atom is -0.507 e. The van der Waals surface area contributed by atoms with Crippen LogP contribution in [0.5, 0.6) is 5.75 Å². The number of rotatable bonds is 5. The first-order chi connectivity index (χ1) is 11.7. The van der Waals surface area contributed by atoms with Crippen molar-refractivity contribution < 1.29 is 9.84 Å². The van der Waals surface area contributed by atoms with Gasteiger partial charge in [0.1, 0.15) is 5.75 Å². The Hall–Kier alpha value is -1.88. The van der Waals surface area contributed by atoms with Crippen molar-refractivity contribution in [2.75, 3.05) is 26.3 Å². The molecule has 126 valence electrons. The predicted octanol–water partition coefficient (Wildman–Crippen LogP) is 3.50. The number of morpholine rings is 1. The molecule has 1 aliphatic heterocycles. The van der Waals surface area contributed by atoms with Gasteiger partial charge >= 0.3 is 0 Å². The van der Waals surface area contributed by atoms with Crippen LogP contribution in [0.2, 0.25) is 5.02 Å². The fourth-order valence-corrected chi connectivity index (χ4v) is 2.83. The van der Waals surface area contributed by atoms with Gasteiger partial charge in [-0.15, -0.1) is 0 Å². The molecule has 0 saturated carbocycles. The third-order valence-electron chi connectivity index (χ3n) is 4.03. The summed E-state index contributed by atoms with van der Waals surface area (Å²) in [5, 5.41) is 10.3. The summed E-state index contributed by atoms with van der Waals surface area (Å²) in [5.74, 6) is 0.184. The van der Waals surface area contributed by atoms with E-state index in [4.69, 9.17) is 16.3 Å². The van der Waals surface area contributed by atoms with E-state index in [1.54, 1.807) is 24.4 Å². The maximum absolute atomic E-state index is 9.76. The number of aromatic hydroxyl groups is 1. The zero-order chi connectivity index (χ0) is 16.8. The van der Waals surface area contributed by atoms with E-state index in [-0.39, 0.29) is 5.75 Å². The van der Waals surface area contributed by atoms with Gasteiger partial charge in [-0.3, -0.25) is 9.89 Å². The molecule has 24 heavy (non-hydrogen) atoms. The highest BCUT2D eigenvalue weighted by Gasteiger charge is 2.10. The molecule has 0 unspecified atom stereocenters. The van der Waals surface area contributed by atoms with E-state index in [1.165, 1.54) is 5.56 Å². The van der Waals surface area contributed by atoms with Crippen LogP contribution in [0.4, 0.5) is 0 Å². The number of nitrogens with zero attached hydrogens (tertiary/aromatic N) is 2. The van der Waals surface area contributed by atoms with E-state index in [2.05, 4.69) is 34.2 Å². The van der Waals surface area contributed by atoms with Crippen molar-refractivity contribution in [1.29, 1.82) is 0 Å². The zero-order valence-corrected chi connectivity index (χ0v) is 14.2. The van der Waals surface area contributed by atoms with Gasteiger partial charge in [-0.1, -0.05) is 35.9 Å². The van der Waals surface area contributed by atoms with Crippen molar-refractivity contribution in [3.8, 4) is 5.75 Å². The Morgan fingerprint density at radius 1 is 1.08 bits per heavy atom. The number of ether oxygens (including phenoxy) is 1. The van der Waals surface area contributed by atoms with E-state index in [0.717, 1.165) is 38.4 Å². The molecule has 1 N–H and O–H groups in total. The van der Waals surface area contributed by atoms with E-state index in [1.807, 2.05) is 0 Å². The van der Waals surface area contributed by atoms with E-state index in [0.29, 0.717) is 17.1 Å². The number of phenols is 1. The summed E-state index contributed by atoms with van der Waals surface area (Å²) in [6, 6.07) is 13.4. The molecule has 1 heterocycles. The zero-order valence-electron chi connectivity index (χ0n) is 13.5. The minimum atomic E-state index is 0.184. The summed E-state index contributed by atoms with van der Waals surface area (Å²) < 4.78 is 5.37. The Labute approximate surface area is 147 Å². The van der Waals surface area contributed by atoms with E-state index >= 15 is 0 Å². The molecule has 1 aliphatic rings. The van der Waals surface area contributed by atoms with E-state index < -0.39 is 0 Å². The number of hydrogen-bond acceptors (Lipinski definition) is 4. The van der Waals surface area contributed by atoms with Crippen molar-refractivity contribution >= 4 is 17.8 Å². The van der Waals surface area contributed by atoms with Crippen LogP contribution in [0.15, 0.2) is 47.5 Å². The van der Waals surface area contributed by atoms with Gasteiger partial charge in [-0.05, 0) is 29.3 Å². The van der Waals surface area contributed by atoms with Crippen LogP contribution in [0, 0.1) is 0 Å². The molecule has 0 radical (unpaired) electrons. The Balaban J connectivity index is 1.55. The first-order valence-corrected chi connectivity index (χ1v) is 8.45. The maximum atomic E-state index is 9.76. The van der Waals surface area contributed by atoms with Gasteiger partial charge in [-0.25, -0.2) is 0 Å². The molecule has 2 aromatic rings. The molecule has 1 saturated heterocycles. The van der Waals surface area contributed by atoms with Crippen LogP contribution < -0.4 is 0 Å². The Morgan fingerprint density at radius 3 is 2.54 bits per heavy atom. The Morgan fingerprint density at radius 2 is 1.79 bits per heavy atom. The molecule has 0 amide bonds. The summed E-state index contributed by atoms with van der Waals surface area (Å²) in [4.78, 5) is 6.79. The van der Waals surface area contributed by atoms with Crippen LogP contribution in [-0.2, 0) is 17.8 Å². The van der Waals surface area contributed by atoms with Gasteiger partial charge in [0.2, 0.25) is 0 Å². The molecular weight excluding hydrogens is 324 g/mol. The summed E-state index contributed by atoms with van der Waals surface area (Å²) in [6.45, 7) is 5.17. The van der Waals surface area contributed by atoms with E-state index in [9.17, 15) is 5.11 Å². The molecule has 0 aromatic heterocycles. The molecule has 0 spiro atoms. The normalized spacial score (nSPS) is 15.9. The second-order valence-corrected chi connectivity index (χ2v) is 6.31. The van der Waals surface area contributed by atoms with Gasteiger partial charge in [0.15, 0.2) is 0 Å². The Kier molecular flexibility index (Phi) is 5.86. The fourth-order valence-electron chi connectivity index (χ4n) is 2.65. The molecule has 1 fully saturated rings. The van der Waals surface area contributed by atoms with Gasteiger partial charge in [0.25, 0.3) is 0 Å². The largest absolute Gasteiger partial charge is 0.507 e. The average Bonchev–Trinajstić information content (AvgIpc) is 2.60. The van der Waals surface area contributed by atoms with Crippen LogP contribution >= 0.6 is 11.6 Å². The second kappa shape index (κ2) is 8.29. The third kappa shape index (κ3) is 4.81. The van der Waals surface area contributed by atoms with Crippen LogP contribution in [0.3, 0.4) is 0 Å². The predicted molar refractivity (Wildman–Crippen MR) is 97.0 cm³/mol. The monoisotopic (exact) mass is 344 g/mol. The second-order valence-electron chi connectivity index (χ2n) is 5.88. The number of phenolic OH excluding ortho intramolecular Hbond substituents is 1. The molecule has 0 aliphatic carbocycles. The number of benzene rings is 2. The standard InChI is InChI=1S/C19H21ClN2O2/c20-18-5-6-19(23)17(11-18)13-21-12-15-1-3-16(4-2-15)14-22-7-9-24-10-8-22/h1-6,11,13,23H,7-10,12,14H2. The van der Waals surface area contributed by atoms with Gasteiger partial charge in [0, 0.05) is 36.4 Å². The quantitative estimate of drug-likeness (QED) is 0.844. The summed E-state index contributed by atoms with van der Waals surface area (Å²) in [5.41, 5.74) is 3.07. The summed E-state index contributed by atoms with van der Waals surface area (Å²) >= 11 is 5.93. The highest BCUT2D eigenvalue weighted by Crippen LogP contribution is 2.19. The molecule has 0 atom stereocenters. The lowest BCUT2D eigenvalue weighted by Crippen LogP contribution is -2.35. The molecular formula is C19H21ClN2O2. The van der Waals surface area contributed by atoms with Gasteiger partial charge in [-0.2, -0.15) is 0 Å². The number of hydrogen-bond donors (Lipinski definition) is 1. The highest BCUT2D eigenvalue weighted by molar-refractivity contribution is 6.30. The first-order valence-electron chi connectivity index (χ1n) is 8.07. The van der Waals surface area contributed by atoms with Gasteiger partial charge in [0.05, 0.1) is 19.8 Å². The number of aliphatic imine (C=N–C) groups is 1. The maximum Gasteiger partial charge on any atom is 0.124 e. The average molecular weight is 345 g/mol. The van der Waals surface area contributed by atoms with Crippen LogP contribution in [-0.4, -0.2) is 42.5 Å². The lowest BCUT2D eigenvalue weighted by molar-refractivity contribution is 0.0342. The minimum absolute atomic E-state index is 0.184. The SMILES string of the molecule is Oc1ccc(Cl)cc1C=NCc1ccc(CN2CCOCC2)cc1.